The average molecular weight is 247 g/mol. The Kier molecular flexibility index (Phi) is 2.72. The Morgan fingerprint density at radius 1 is 1.61 bits per heavy atom. The molecule has 96 valence electrons. The summed E-state index contributed by atoms with van der Waals surface area (Å²) >= 11 is 0. The maximum atomic E-state index is 10.4. The van der Waals surface area contributed by atoms with E-state index in [1.165, 1.54) is 0 Å². The molecule has 0 amide bonds. The number of aromatic nitrogens is 2. The van der Waals surface area contributed by atoms with Crippen LogP contribution in [0.2, 0.25) is 0 Å². The van der Waals surface area contributed by atoms with Gasteiger partial charge in [0.1, 0.15) is 17.1 Å². The molecule has 0 bridgehead atoms. The van der Waals surface area contributed by atoms with Gasteiger partial charge in [0, 0.05) is 32.0 Å². The molecule has 5 nitrogen and oxygen atoms in total. The van der Waals surface area contributed by atoms with Gasteiger partial charge in [0.05, 0.1) is 6.10 Å². The molecule has 3 rings (SSSR count). The Bertz CT molecular complexity index is 554. The number of rotatable bonds is 3. The Labute approximate surface area is 105 Å². The van der Waals surface area contributed by atoms with Crippen molar-refractivity contribution in [3.63, 3.8) is 0 Å². The number of hydrogen-bond acceptors (Lipinski definition) is 4. The molecule has 2 aromatic rings. The Morgan fingerprint density at radius 2 is 2.50 bits per heavy atom. The van der Waals surface area contributed by atoms with Gasteiger partial charge in [0.25, 0.3) is 0 Å². The van der Waals surface area contributed by atoms with Crippen LogP contribution in [0, 0.1) is 0 Å². The quantitative estimate of drug-likeness (QED) is 0.858. The molecular weight excluding hydrogens is 230 g/mol. The third-order valence-electron chi connectivity index (χ3n) is 3.66. The van der Waals surface area contributed by atoms with E-state index in [-0.39, 0.29) is 6.10 Å². The third-order valence-corrected chi connectivity index (χ3v) is 3.66. The van der Waals surface area contributed by atoms with E-state index in [2.05, 4.69) is 10.3 Å². The summed E-state index contributed by atoms with van der Waals surface area (Å²) in [5.74, 6) is 0.928. The van der Waals surface area contributed by atoms with Crippen molar-refractivity contribution >= 4 is 11.5 Å². The molecule has 0 aliphatic carbocycles. The molecule has 5 heteroatoms. The Morgan fingerprint density at radius 3 is 3.28 bits per heavy atom. The van der Waals surface area contributed by atoms with Crippen LogP contribution in [-0.2, 0) is 4.74 Å². The summed E-state index contributed by atoms with van der Waals surface area (Å²) in [6.07, 6.45) is 4.19. The molecule has 2 N–H and O–H groups in total. The molecule has 0 spiro atoms. The van der Waals surface area contributed by atoms with Crippen molar-refractivity contribution in [1.82, 2.24) is 9.38 Å². The molecule has 0 aromatic carbocycles. The van der Waals surface area contributed by atoms with Crippen LogP contribution in [0.25, 0.3) is 5.65 Å². The van der Waals surface area contributed by atoms with Crippen molar-refractivity contribution < 1.29 is 9.84 Å². The van der Waals surface area contributed by atoms with Crippen molar-refractivity contribution in [2.75, 3.05) is 18.5 Å². The summed E-state index contributed by atoms with van der Waals surface area (Å²) in [6, 6.07) is 5.86. The molecule has 0 saturated carbocycles. The van der Waals surface area contributed by atoms with E-state index < -0.39 is 5.60 Å². The number of fused-ring (bicyclic) bond motifs is 1. The highest BCUT2D eigenvalue weighted by molar-refractivity contribution is 5.50. The lowest BCUT2D eigenvalue weighted by molar-refractivity contribution is -0.0176. The second-order valence-corrected chi connectivity index (χ2v) is 4.79. The Hall–Kier alpha value is -1.59. The summed E-state index contributed by atoms with van der Waals surface area (Å²) < 4.78 is 7.38. The molecule has 1 fully saturated rings. The predicted octanol–water partition coefficient (Wildman–Crippen LogP) is 1.29. The number of ether oxygens (including phenoxy) is 1. The molecule has 2 atom stereocenters. The first-order valence-electron chi connectivity index (χ1n) is 6.19. The minimum absolute atomic E-state index is 0.132. The van der Waals surface area contributed by atoms with E-state index in [4.69, 9.17) is 4.74 Å². The van der Waals surface area contributed by atoms with Gasteiger partial charge in [-0.05, 0) is 19.1 Å². The SMILES string of the molecule is CC1OCCC1(O)CNc1cccc2nccn12. The van der Waals surface area contributed by atoms with Crippen LogP contribution in [0.5, 0.6) is 0 Å². The molecule has 0 radical (unpaired) electrons. The summed E-state index contributed by atoms with van der Waals surface area (Å²) in [5, 5.41) is 13.7. The third kappa shape index (κ3) is 1.85. The van der Waals surface area contributed by atoms with E-state index in [1.807, 2.05) is 35.7 Å². The van der Waals surface area contributed by atoms with Gasteiger partial charge in [-0.15, -0.1) is 0 Å². The molecular formula is C13H17N3O2. The zero-order valence-electron chi connectivity index (χ0n) is 10.3. The van der Waals surface area contributed by atoms with Gasteiger partial charge in [0.2, 0.25) is 0 Å². The van der Waals surface area contributed by atoms with Crippen LogP contribution in [-0.4, -0.2) is 39.3 Å². The number of imidazole rings is 1. The number of hydrogen-bond donors (Lipinski definition) is 2. The summed E-state index contributed by atoms with van der Waals surface area (Å²) in [6.45, 7) is 3.01. The number of pyridine rings is 1. The standard InChI is InChI=1S/C13H17N3O2/c1-10-13(17,5-8-18-10)9-15-12-4-2-3-11-14-6-7-16(11)12/h2-4,6-7,10,15,17H,5,8-9H2,1H3. The molecule has 2 aromatic heterocycles. The number of anilines is 1. The van der Waals surface area contributed by atoms with Crippen molar-refractivity contribution in [2.24, 2.45) is 0 Å². The van der Waals surface area contributed by atoms with Gasteiger partial charge in [-0.3, -0.25) is 4.40 Å². The molecule has 2 unspecified atom stereocenters. The first-order valence-corrected chi connectivity index (χ1v) is 6.19. The number of aliphatic hydroxyl groups is 1. The van der Waals surface area contributed by atoms with Crippen LogP contribution in [0.4, 0.5) is 5.82 Å². The zero-order valence-corrected chi connectivity index (χ0v) is 10.3. The van der Waals surface area contributed by atoms with Gasteiger partial charge >= 0.3 is 0 Å². The Balaban J connectivity index is 1.79. The minimum atomic E-state index is -0.789. The van der Waals surface area contributed by atoms with Crippen molar-refractivity contribution in [1.29, 1.82) is 0 Å². The van der Waals surface area contributed by atoms with E-state index in [0.717, 1.165) is 11.5 Å². The summed E-state index contributed by atoms with van der Waals surface area (Å²) in [4.78, 5) is 4.23. The van der Waals surface area contributed by atoms with Crippen LogP contribution in [0.15, 0.2) is 30.6 Å². The molecule has 1 aliphatic rings. The van der Waals surface area contributed by atoms with Gasteiger partial charge < -0.3 is 15.2 Å². The van der Waals surface area contributed by atoms with Crippen LogP contribution >= 0.6 is 0 Å². The molecule has 3 heterocycles. The normalized spacial score (nSPS) is 27.8. The highest BCUT2D eigenvalue weighted by atomic mass is 16.5. The van der Waals surface area contributed by atoms with E-state index in [1.54, 1.807) is 6.20 Å². The summed E-state index contributed by atoms with van der Waals surface area (Å²) in [5.41, 5.74) is 0.102. The highest BCUT2D eigenvalue weighted by Crippen LogP contribution is 2.26. The lowest BCUT2D eigenvalue weighted by atomic mass is 9.97. The fraction of sp³-hybridized carbons (Fsp3) is 0.462. The second-order valence-electron chi connectivity index (χ2n) is 4.79. The van der Waals surface area contributed by atoms with Crippen LogP contribution in [0.3, 0.4) is 0 Å². The fourth-order valence-corrected chi connectivity index (χ4v) is 2.34. The van der Waals surface area contributed by atoms with Crippen molar-refractivity contribution in [3.8, 4) is 0 Å². The van der Waals surface area contributed by atoms with Gasteiger partial charge in [-0.2, -0.15) is 0 Å². The first kappa shape index (κ1) is 11.5. The number of nitrogens with one attached hydrogen (secondary N) is 1. The first-order chi connectivity index (χ1) is 8.69. The smallest absolute Gasteiger partial charge is 0.138 e. The largest absolute Gasteiger partial charge is 0.385 e. The predicted molar refractivity (Wildman–Crippen MR) is 68.7 cm³/mol. The lowest BCUT2D eigenvalue weighted by Gasteiger charge is -2.26. The lowest BCUT2D eigenvalue weighted by Crippen LogP contribution is -2.43. The molecule has 1 aliphatic heterocycles. The molecule has 18 heavy (non-hydrogen) atoms. The van der Waals surface area contributed by atoms with Crippen LogP contribution in [0.1, 0.15) is 13.3 Å². The number of nitrogens with zero attached hydrogens (tertiary/aromatic N) is 2. The highest BCUT2D eigenvalue weighted by Gasteiger charge is 2.39. The summed E-state index contributed by atoms with van der Waals surface area (Å²) in [7, 11) is 0. The maximum absolute atomic E-state index is 10.4. The topological polar surface area (TPSA) is 58.8 Å². The second kappa shape index (κ2) is 4.26. The van der Waals surface area contributed by atoms with E-state index in [0.29, 0.717) is 19.6 Å². The van der Waals surface area contributed by atoms with Gasteiger partial charge in [-0.25, -0.2) is 4.98 Å². The van der Waals surface area contributed by atoms with Crippen molar-refractivity contribution in [3.05, 3.63) is 30.6 Å². The van der Waals surface area contributed by atoms with Gasteiger partial charge in [-0.1, -0.05) is 6.07 Å². The van der Waals surface area contributed by atoms with Crippen molar-refractivity contribution in [2.45, 2.75) is 25.0 Å². The zero-order chi connectivity index (χ0) is 12.6. The average Bonchev–Trinajstić information content (AvgIpc) is 2.95. The minimum Gasteiger partial charge on any atom is -0.385 e. The van der Waals surface area contributed by atoms with E-state index >= 15 is 0 Å². The van der Waals surface area contributed by atoms with E-state index in [9.17, 15) is 5.11 Å². The monoisotopic (exact) mass is 247 g/mol. The molecule has 1 saturated heterocycles. The fourth-order valence-electron chi connectivity index (χ4n) is 2.34. The van der Waals surface area contributed by atoms with Crippen LogP contribution < -0.4 is 5.32 Å². The van der Waals surface area contributed by atoms with Gasteiger partial charge in [0.15, 0.2) is 0 Å². The maximum Gasteiger partial charge on any atom is 0.138 e.